The number of aryl methyl sites for hydroxylation is 3. The summed E-state index contributed by atoms with van der Waals surface area (Å²) < 4.78 is 8.22. The van der Waals surface area contributed by atoms with Crippen molar-refractivity contribution < 1.29 is 4.42 Å². The van der Waals surface area contributed by atoms with Gasteiger partial charge in [0.15, 0.2) is 5.96 Å². The lowest BCUT2D eigenvalue weighted by molar-refractivity contribution is 0.358. The van der Waals surface area contributed by atoms with E-state index < -0.39 is 0 Å². The highest BCUT2D eigenvalue weighted by Crippen LogP contribution is 2.25. The van der Waals surface area contributed by atoms with Crippen LogP contribution in [0.1, 0.15) is 36.3 Å². The number of guanidine groups is 1. The Bertz CT molecular complexity index is 992. The van der Waals surface area contributed by atoms with Crippen molar-refractivity contribution in [1.82, 2.24) is 25.4 Å². The van der Waals surface area contributed by atoms with Gasteiger partial charge in [0.1, 0.15) is 29.5 Å². The second kappa shape index (κ2) is 9.60. The SMILES string of the molecule is CCNC(=NCc1oc2ccccc2c1C)NCC1CCc2nnc(C)n2C1.I. The highest BCUT2D eigenvalue weighted by molar-refractivity contribution is 14.0. The van der Waals surface area contributed by atoms with Crippen LogP contribution in [0.3, 0.4) is 0 Å². The molecule has 0 fully saturated rings. The Hall–Kier alpha value is -2.10. The Balaban J connectivity index is 0.00000240. The molecule has 4 rings (SSSR count). The number of aromatic nitrogens is 3. The van der Waals surface area contributed by atoms with Gasteiger partial charge < -0.3 is 19.6 Å². The first-order chi connectivity index (χ1) is 13.7. The maximum absolute atomic E-state index is 5.99. The number of rotatable bonds is 5. The Labute approximate surface area is 188 Å². The second-order valence-electron chi connectivity index (χ2n) is 7.40. The summed E-state index contributed by atoms with van der Waals surface area (Å²) in [6.07, 6.45) is 2.10. The summed E-state index contributed by atoms with van der Waals surface area (Å²) in [7, 11) is 0. The monoisotopic (exact) mass is 508 g/mol. The molecule has 0 spiro atoms. The molecule has 1 unspecified atom stereocenters. The highest BCUT2D eigenvalue weighted by atomic mass is 127. The van der Waals surface area contributed by atoms with Gasteiger partial charge in [-0.2, -0.15) is 0 Å². The number of aliphatic imine (C=N–C) groups is 1. The molecule has 0 saturated carbocycles. The summed E-state index contributed by atoms with van der Waals surface area (Å²) in [6, 6.07) is 8.13. The average Bonchev–Trinajstić information content (AvgIpc) is 3.24. The van der Waals surface area contributed by atoms with Crippen LogP contribution in [0, 0.1) is 19.8 Å². The third kappa shape index (κ3) is 4.73. The minimum absolute atomic E-state index is 0. The van der Waals surface area contributed by atoms with Gasteiger partial charge in [-0.05, 0) is 39.2 Å². The lowest BCUT2D eigenvalue weighted by Crippen LogP contribution is -2.41. The van der Waals surface area contributed by atoms with E-state index in [2.05, 4.69) is 45.3 Å². The van der Waals surface area contributed by atoms with Crippen molar-refractivity contribution in [2.75, 3.05) is 13.1 Å². The van der Waals surface area contributed by atoms with Crippen molar-refractivity contribution in [2.24, 2.45) is 10.9 Å². The minimum Gasteiger partial charge on any atom is -0.459 e. The third-order valence-electron chi connectivity index (χ3n) is 5.45. The van der Waals surface area contributed by atoms with Crippen molar-refractivity contribution in [3.05, 3.63) is 47.2 Å². The zero-order valence-corrected chi connectivity index (χ0v) is 19.6. The topological polar surface area (TPSA) is 80.3 Å². The van der Waals surface area contributed by atoms with Crippen LogP contribution < -0.4 is 10.6 Å². The van der Waals surface area contributed by atoms with Crippen molar-refractivity contribution in [3.8, 4) is 0 Å². The summed E-state index contributed by atoms with van der Waals surface area (Å²) in [5.41, 5.74) is 2.09. The predicted molar refractivity (Wildman–Crippen MR) is 126 cm³/mol. The van der Waals surface area contributed by atoms with E-state index in [9.17, 15) is 0 Å². The summed E-state index contributed by atoms with van der Waals surface area (Å²) >= 11 is 0. The molecule has 7 nitrogen and oxygen atoms in total. The van der Waals surface area contributed by atoms with Crippen LogP contribution in [-0.2, 0) is 19.5 Å². The van der Waals surface area contributed by atoms with E-state index in [0.29, 0.717) is 12.5 Å². The zero-order valence-electron chi connectivity index (χ0n) is 17.2. The molecule has 0 aliphatic carbocycles. The van der Waals surface area contributed by atoms with Gasteiger partial charge in [0, 0.05) is 37.0 Å². The average molecular weight is 508 g/mol. The lowest BCUT2D eigenvalue weighted by atomic mass is 9.99. The van der Waals surface area contributed by atoms with E-state index in [1.807, 2.05) is 25.1 Å². The number of halogens is 1. The molecular formula is C21H29IN6O. The molecule has 29 heavy (non-hydrogen) atoms. The first-order valence-corrected chi connectivity index (χ1v) is 10.0. The van der Waals surface area contributed by atoms with Gasteiger partial charge in [-0.1, -0.05) is 18.2 Å². The summed E-state index contributed by atoms with van der Waals surface area (Å²) in [6.45, 7) is 9.38. The number of para-hydroxylation sites is 1. The molecule has 0 amide bonds. The Kier molecular flexibility index (Phi) is 7.15. The highest BCUT2D eigenvalue weighted by Gasteiger charge is 2.21. The molecule has 3 heterocycles. The van der Waals surface area contributed by atoms with Crippen LogP contribution in [0.4, 0.5) is 0 Å². The number of nitrogens with one attached hydrogen (secondary N) is 2. The van der Waals surface area contributed by atoms with Gasteiger partial charge in [0.05, 0.1) is 0 Å². The molecule has 0 saturated heterocycles. The van der Waals surface area contributed by atoms with Gasteiger partial charge >= 0.3 is 0 Å². The molecule has 1 aliphatic rings. The number of nitrogens with zero attached hydrogens (tertiary/aromatic N) is 4. The standard InChI is InChI=1S/C21H28N6O.HI/c1-4-22-21(23-11-16-9-10-20-26-25-15(3)27(20)13-16)24-12-19-14(2)17-7-5-6-8-18(17)28-19;/h5-8,16H,4,9-13H2,1-3H3,(H2,22,23,24);1H. The van der Waals surface area contributed by atoms with Gasteiger partial charge in [-0.15, -0.1) is 34.2 Å². The molecule has 2 aromatic heterocycles. The molecule has 156 valence electrons. The molecule has 0 bridgehead atoms. The molecule has 1 aromatic carbocycles. The molecule has 1 aliphatic heterocycles. The fourth-order valence-electron chi connectivity index (χ4n) is 3.81. The van der Waals surface area contributed by atoms with E-state index in [1.54, 1.807) is 0 Å². The van der Waals surface area contributed by atoms with Crippen LogP contribution in [0.15, 0.2) is 33.7 Å². The van der Waals surface area contributed by atoms with E-state index >= 15 is 0 Å². The summed E-state index contributed by atoms with van der Waals surface area (Å²) in [4.78, 5) is 4.75. The number of furan rings is 1. The fourth-order valence-corrected chi connectivity index (χ4v) is 3.81. The van der Waals surface area contributed by atoms with Gasteiger partial charge in [-0.25, -0.2) is 4.99 Å². The first kappa shape index (κ1) is 21.6. The van der Waals surface area contributed by atoms with Crippen molar-refractivity contribution >= 4 is 40.9 Å². The lowest BCUT2D eigenvalue weighted by Gasteiger charge is -2.25. The van der Waals surface area contributed by atoms with E-state index in [0.717, 1.165) is 72.4 Å². The Morgan fingerprint density at radius 2 is 2.07 bits per heavy atom. The van der Waals surface area contributed by atoms with E-state index in [-0.39, 0.29) is 24.0 Å². The van der Waals surface area contributed by atoms with Crippen LogP contribution in [0.5, 0.6) is 0 Å². The first-order valence-electron chi connectivity index (χ1n) is 10.0. The molecule has 3 aromatic rings. The Morgan fingerprint density at radius 1 is 1.24 bits per heavy atom. The second-order valence-corrected chi connectivity index (χ2v) is 7.40. The van der Waals surface area contributed by atoms with Crippen molar-refractivity contribution in [2.45, 2.75) is 46.7 Å². The van der Waals surface area contributed by atoms with Crippen LogP contribution in [0.2, 0.25) is 0 Å². The minimum atomic E-state index is 0. The quantitative estimate of drug-likeness (QED) is 0.313. The van der Waals surface area contributed by atoms with Gasteiger partial charge in [-0.3, -0.25) is 0 Å². The maximum atomic E-state index is 5.99. The van der Waals surface area contributed by atoms with Crippen molar-refractivity contribution in [3.63, 3.8) is 0 Å². The largest absolute Gasteiger partial charge is 0.459 e. The molecule has 1 atom stereocenters. The summed E-state index contributed by atoms with van der Waals surface area (Å²) in [5, 5.41) is 16.4. The number of fused-ring (bicyclic) bond motifs is 2. The predicted octanol–water partition coefficient (Wildman–Crippen LogP) is 3.58. The van der Waals surface area contributed by atoms with Crippen LogP contribution in [-0.4, -0.2) is 33.8 Å². The zero-order chi connectivity index (χ0) is 19.5. The van der Waals surface area contributed by atoms with Gasteiger partial charge in [0.2, 0.25) is 0 Å². The number of benzene rings is 1. The smallest absolute Gasteiger partial charge is 0.191 e. The Morgan fingerprint density at radius 3 is 2.86 bits per heavy atom. The molecular weight excluding hydrogens is 479 g/mol. The molecule has 8 heteroatoms. The van der Waals surface area contributed by atoms with Crippen LogP contribution in [0.25, 0.3) is 11.0 Å². The third-order valence-corrected chi connectivity index (χ3v) is 5.45. The molecule has 2 N–H and O–H groups in total. The maximum Gasteiger partial charge on any atom is 0.191 e. The number of hydrogen-bond donors (Lipinski definition) is 2. The van der Waals surface area contributed by atoms with Crippen molar-refractivity contribution in [1.29, 1.82) is 0 Å². The van der Waals surface area contributed by atoms with E-state index in [1.165, 1.54) is 0 Å². The van der Waals surface area contributed by atoms with Crippen LogP contribution >= 0.6 is 24.0 Å². The van der Waals surface area contributed by atoms with E-state index in [4.69, 9.17) is 9.41 Å². The van der Waals surface area contributed by atoms with Gasteiger partial charge in [0.25, 0.3) is 0 Å². The summed E-state index contributed by atoms with van der Waals surface area (Å²) in [5.74, 6) is 4.39. The fraction of sp³-hybridized carbons (Fsp3) is 0.476. The normalized spacial score (nSPS) is 16.4. The molecule has 0 radical (unpaired) electrons. The number of hydrogen-bond acceptors (Lipinski definition) is 4.